The van der Waals surface area contributed by atoms with Crippen LogP contribution in [0.15, 0.2) is 42.5 Å². The molecule has 0 saturated carbocycles. The molecule has 7 heteroatoms. The molecule has 0 aliphatic rings. The van der Waals surface area contributed by atoms with E-state index in [0.29, 0.717) is 12.0 Å². The van der Waals surface area contributed by atoms with Crippen LogP contribution >= 0.6 is 0 Å². The number of hydrogen-bond donors (Lipinski definition) is 0. The maximum atomic E-state index is 13.4. The third-order valence-corrected chi connectivity index (χ3v) is 3.05. The van der Waals surface area contributed by atoms with Gasteiger partial charge in [0.05, 0.1) is 5.69 Å². The molecule has 0 radical (unpaired) electrons. The van der Waals surface area contributed by atoms with E-state index < -0.39 is 17.5 Å². The number of carbonyl (C=O) groups is 1. The molecule has 3 aromatic rings. The standard InChI is InChI=1S/C15H8F3N3O/c16-10-2-1-3-11(7-10)21-15(14(8-22)19-20-21)9-4-5-12(17)13(18)6-9/h1-8H. The van der Waals surface area contributed by atoms with E-state index in [1.165, 1.54) is 28.9 Å². The third kappa shape index (κ3) is 2.37. The monoisotopic (exact) mass is 303 g/mol. The minimum atomic E-state index is -1.07. The molecule has 0 unspecified atom stereocenters. The highest BCUT2D eigenvalue weighted by Gasteiger charge is 2.17. The van der Waals surface area contributed by atoms with Gasteiger partial charge in [-0.25, -0.2) is 17.9 Å². The minimum Gasteiger partial charge on any atom is -0.296 e. The summed E-state index contributed by atoms with van der Waals surface area (Å²) >= 11 is 0. The molecule has 2 aromatic carbocycles. The van der Waals surface area contributed by atoms with E-state index in [1.54, 1.807) is 6.07 Å². The number of halogens is 3. The van der Waals surface area contributed by atoms with E-state index in [2.05, 4.69) is 10.3 Å². The van der Waals surface area contributed by atoms with Crippen LogP contribution in [0.4, 0.5) is 13.2 Å². The van der Waals surface area contributed by atoms with Crippen molar-refractivity contribution in [2.24, 2.45) is 0 Å². The molecular weight excluding hydrogens is 295 g/mol. The van der Waals surface area contributed by atoms with Crippen molar-refractivity contribution in [3.63, 3.8) is 0 Å². The van der Waals surface area contributed by atoms with Crippen LogP contribution < -0.4 is 0 Å². The Hall–Kier alpha value is -2.96. The van der Waals surface area contributed by atoms with Crippen LogP contribution in [0.2, 0.25) is 0 Å². The highest BCUT2D eigenvalue weighted by Crippen LogP contribution is 2.26. The molecule has 3 rings (SSSR count). The molecule has 0 atom stereocenters. The fourth-order valence-corrected chi connectivity index (χ4v) is 2.08. The highest BCUT2D eigenvalue weighted by atomic mass is 19.2. The zero-order chi connectivity index (χ0) is 15.7. The number of rotatable bonds is 3. The second kappa shape index (κ2) is 5.44. The van der Waals surface area contributed by atoms with Crippen LogP contribution in [0.1, 0.15) is 10.5 Å². The van der Waals surface area contributed by atoms with Gasteiger partial charge in [0.2, 0.25) is 0 Å². The zero-order valence-electron chi connectivity index (χ0n) is 11.0. The summed E-state index contributed by atoms with van der Waals surface area (Å²) < 4.78 is 41.0. The molecule has 0 bridgehead atoms. The van der Waals surface area contributed by atoms with Crippen molar-refractivity contribution in [2.45, 2.75) is 0 Å². The van der Waals surface area contributed by atoms with Crippen LogP contribution in [-0.2, 0) is 0 Å². The molecule has 0 N–H and O–H groups in total. The second-order valence-electron chi connectivity index (χ2n) is 4.46. The Morgan fingerprint density at radius 3 is 2.50 bits per heavy atom. The van der Waals surface area contributed by atoms with E-state index in [1.807, 2.05) is 0 Å². The first-order valence-corrected chi connectivity index (χ1v) is 6.22. The molecule has 0 amide bonds. The molecule has 0 fully saturated rings. The summed E-state index contributed by atoms with van der Waals surface area (Å²) in [6, 6.07) is 8.60. The maximum Gasteiger partial charge on any atom is 0.172 e. The Kier molecular flexibility index (Phi) is 3.46. The van der Waals surface area contributed by atoms with Gasteiger partial charge >= 0.3 is 0 Å². The first-order valence-electron chi connectivity index (χ1n) is 6.22. The van der Waals surface area contributed by atoms with E-state index in [9.17, 15) is 18.0 Å². The van der Waals surface area contributed by atoms with Crippen LogP contribution in [0.5, 0.6) is 0 Å². The number of nitrogens with zero attached hydrogens (tertiary/aromatic N) is 3. The average molecular weight is 303 g/mol. The minimum absolute atomic E-state index is 0.0599. The van der Waals surface area contributed by atoms with E-state index in [0.717, 1.165) is 12.1 Å². The Bertz CT molecular complexity index is 861. The van der Waals surface area contributed by atoms with Gasteiger partial charge in [-0.3, -0.25) is 4.79 Å². The normalized spacial score (nSPS) is 10.7. The summed E-state index contributed by atoms with van der Waals surface area (Å²) in [7, 11) is 0. The number of benzene rings is 2. The SMILES string of the molecule is O=Cc1nnn(-c2cccc(F)c2)c1-c1ccc(F)c(F)c1. The van der Waals surface area contributed by atoms with Crippen LogP contribution in [-0.4, -0.2) is 21.3 Å². The summed E-state index contributed by atoms with van der Waals surface area (Å²) in [6.45, 7) is 0. The van der Waals surface area contributed by atoms with E-state index in [4.69, 9.17) is 0 Å². The van der Waals surface area contributed by atoms with Gasteiger partial charge in [-0.05, 0) is 36.4 Å². The number of aromatic nitrogens is 3. The smallest absolute Gasteiger partial charge is 0.172 e. The molecule has 0 aliphatic heterocycles. The van der Waals surface area contributed by atoms with Crippen molar-refractivity contribution in [1.29, 1.82) is 0 Å². The molecule has 0 aliphatic carbocycles. The summed E-state index contributed by atoms with van der Waals surface area (Å²) in [5.41, 5.74) is 0.602. The van der Waals surface area contributed by atoms with Crippen molar-refractivity contribution >= 4 is 6.29 Å². The number of hydrogen-bond acceptors (Lipinski definition) is 3. The Balaban J connectivity index is 2.23. The molecule has 1 aromatic heterocycles. The maximum absolute atomic E-state index is 13.4. The lowest BCUT2D eigenvalue weighted by molar-refractivity contribution is 0.111. The van der Waals surface area contributed by atoms with Crippen molar-refractivity contribution in [2.75, 3.05) is 0 Å². The van der Waals surface area contributed by atoms with Gasteiger partial charge in [-0.1, -0.05) is 11.3 Å². The molecule has 0 spiro atoms. The Labute approximate surface area is 122 Å². The zero-order valence-corrected chi connectivity index (χ0v) is 11.0. The van der Waals surface area contributed by atoms with E-state index in [-0.39, 0.29) is 17.0 Å². The van der Waals surface area contributed by atoms with Gasteiger partial charge in [-0.2, -0.15) is 0 Å². The second-order valence-corrected chi connectivity index (χ2v) is 4.46. The third-order valence-electron chi connectivity index (χ3n) is 3.05. The molecule has 110 valence electrons. The first kappa shape index (κ1) is 14.0. The Morgan fingerprint density at radius 2 is 1.82 bits per heavy atom. The molecule has 22 heavy (non-hydrogen) atoms. The van der Waals surface area contributed by atoms with Crippen molar-refractivity contribution in [3.8, 4) is 16.9 Å². The quantitative estimate of drug-likeness (QED) is 0.698. The van der Waals surface area contributed by atoms with Gasteiger partial charge in [0, 0.05) is 5.56 Å². The van der Waals surface area contributed by atoms with E-state index >= 15 is 0 Å². The summed E-state index contributed by atoms with van der Waals surface area (Å²) in [4.78, 5) is 11.1. The topological polar surface area (TPSA) is 47.8 Å². The van der Waals surface area contributed by atoms with Gasteiger partial charge in [0.1, 0.15) is 11.5 Å². The molecule has 1 heterocycles. The van der Waals surface area contributed by atoms with Crippen molar-refractivity contribution in [1.82, 2.24) is 15.0 Å². The van der Waals surface area contributed by atoms with Gasteiger partial charge < -0.3 is 0 Å². The molecule has 4 nitrogen and oxygen atoms in total. The summed E-state index contributed by atoms with van der Waals surface area (Å²) in [5.74, 6) is -2.58. The molecular formula is C15H8F3N3O. The highest BCUT2D eigenvalue weighted by molar-refractivity contribution is 5.84. The predicted octanol–water partition coefficient (Wildman–Crippen LogP) is 3.16. The van der Waals surface area contributed by atoms with Crippen molar-refractivity contribution in [3.05, 3.63) is 65.6 Å². The lowest BCUT2D eigenvalue weighted by Gasteiger charge is -2.07. The average Bonchev–Trinajstić information content (AvgIpc) is 2.94. The van der Waals surface area contributed by atoms with Gasteiger partial charge in [-0.15, -0.1) is 5.10 Å². The lowest BCUT2D eigenvalue weighted by atomic mass is 10.1. The first-order chi connectivity index (χ1) is 10.6. The fourth-order valence-electron chi connectivity index (χ4n) is 2.08. The Morgan fingerprint density at radius 1 is 1.00 bits per heavy atom. The van der Waals surface area contributed by atoms with Crippen LogP contribution in [0.3, 0.4) is 0 Å². The molecule has 0 saturated heterocycles. The van der Waals surface area contributed by atoms with Gasteiger partial charge in [0.25, 0.3) is 0 Å². The van der Waals surface area contributed by atoms with Gasteiger partial charge in [0.15, 0.2) is 23.6 Å². The number of carbonyl (C=O) groups excluding carboxylic acids is 1. The predicted molar refractivity (Wildman–Crippen MR) is 72.1 cm³/mol. The largest absolute Gasteiger partial charge is 0.296 e. The lowest BCUT2D eigenvalue weighted by Crippen LogP contribution is -2.01. The van der Waals surface area contributed by atoms with Crippen LogP contribution in [0.25, 0.3) is 16.9 Å². The summed E-state index contributed by atoms with van der Waals surface area (Å²) in [5, 5.41) is 7.45. The fraction of sp³-hybridized carbons (Fsp3) is 0. The van der Waals surface area contributed by atoms with Crippen molar-refractivity contribution < 1.29 is 18.0 Å². The van der Waals surface area contributed by atoms with Crippen LogP contribution in [0, 0.1) is 17.5 Å². The number of aldehydes is 1. The summed E-state index contributed by atoms with van der Waals surface area (Å²) in [6.07, 6.45) is 0.444.